The van der Waals surface area contributed by atoms with Gasteiger partial charge < -0.3 is 5.32 Å². The van der Waals surface area contributed by atoms with Gasteiger partial charge in [0.15, 0.2) is 0 Å². The number of ketones is 1. The highest BCUT2D eigenvalue weighted by molar-refractivity contribution is 5.77. The van der Waals surface area contributed by atoms with E-state index in [2.05, 4.69) is 5.32 Å². The van der Waals surface area contributed by atoms with Gasteiger partial charge in [-0.1, -0.05) is 0 Å². The number of anilines is 1. The Morgan fingerprint density at radius 2 is 2.18 bits per heavy atom. The van der Waals surface area contributed by atoms with E-state index in [1.807, 2.05) is 0 Å². The molecule has 0 radical (unpaired) electrons. The van der Waals surface area contributed by atoms with Gasteiger partial charge in [-0.05, 0) is 37.1 Å². The average Bonchev–Trinajstić information content (AvgIpc) is 2.55. The van der Waals surface area contributed by atoms with E-state index in [4.69, 9.17) is 0 Å². The summed E-state index contributed by atoms with van der Waals surface area (Å²) in [6.07, 6.45) is -3.50. The number of alkyl halides is 3. The Kier molecular flexibility index (Phi) is 2.85. The summed E-state index contributed by atoms with van der Waals surface area (Å²) in [6, 6.07) is 3.56. The highest BCUT2D eigenvalue weighted by Gasteiger charge is 2.32. The number of benzene rings is 1. The molecular formula is C12H12F3NO. The molecule has 1 aliphatic rings. The van der Waals surface area contributed by atoms with Gasteiger partial charge in [-0.25, -0.2) is 0 Å². The Bertz CT molecular complexity index is 454. The first-order valence-corrected chi connectivity index (χ1v) is 5.32. The molecule has 0 spiro atoms. The summed E-state index contributed by atoms with van der Waals surface area (Å²) < 4.78 is 37.5. The van der Waals surface area contributed by atoms with Crippen LogP contribution in [0.4, 0.5) is 18.9 Å². The number of halogens is 3. The molecule has 0 saturated carbocycles. The quantitative estimate of drug-likeness (QED) is 0.865. The molecule has 1 unspecified atom stereocenters. The topological polar surface area (TPSA) is 29.1 Å². The zero-order chi connectivity index (χ0) is 12.6. The summed E-state index contributed by atoms with van der Waals surface area (Å²) in [5.41, 5.74) is 0.692. The van der Waals surface area contributed by atoms with Crippen molar-refractivity contribution in [2.24, 2.45) is 0 Å². The number of carbonyl (C=O) groups excluding carboxylic acids is 1. The average molecular weight is 243 g/mol. The van der Waals surface area contributed by atoms with Crippen LogP contribution in [0.5, 0.6) is 0 Å². The van der Waals surface area contributed by atoms with E-state index in [1.54, 1.807) is 0 Å². The molecular weight excluding hydrogens is 231 g/mol. The predicted octanol–water partition coefficient (Wildman–Crippen LogP) is 3.02. The van der Waals surface area contributed by atoms with E-state index in [0.717, 1.165) is 12.1 Å². The zero-order valence-corrected chi connectivity index (χ0v) is 9.27. The van der Waals surface area contributed by atoms with Gasteiger partial charge in [0.1, 0.15) is 5.78 Å². The second-order valence-corrected chi connectivity index (χ2v) is 4.32. The van der Waals surface area contributed by atoms with Crippen molar-refractivity contribution in [1.29, 1.82) is 0 Å². The molecule has 1 aromatic rings. The molecule has 1 N–H and O–H groups in total. The number of hydrogen-bond donors (Lipinski definition) is 1. The molecule has 1 atom stereocenters. The molecule has 2 nitrogen and oxygen atoms in total. The third-order valence-electron chi connectivity index (χ3n) is 2.79. The minimum Gasteiger partial charge on any atom is -0.381 e. The lowest BCUT2D eigenvalue weighted by Crippen LogP contribution is -2.18. The summed E-state index contributed by atoms with van der Waals surface area (Å²) in [5, 5.41) is 3.06. The van der Waals surface area contributed by atoms with Crippen molar-refractivity contribution in [3.63, 3.8) is 0 Å². The molecule has 0 saturated heterocycles. The maximum absolute atomic E-state index is 12.5. The highest BCUT2D eigenvalue weighted by Crippen LogP contribution is 2.35. The number of Topliss-reactive ketones (excluding diaryl/α,β-unsaturated/α-hetero) is 1. The summed E-state index contributed by atoms with van der Waals surface area (Å²) >= 11 is 0. The Morgan fingerprint density at radius 3 is 2.76 bits per heavy atom. The van der Waals surface area contributed by atoms with Crippen molar-refractivity contribution in [2.45, 2.75) is 32.0 Å². The van der Waals surface area contributed by atoms with Gasteiger partial charge in [0.25, 0.3) is 0 Å². The van der Waals surface area contributed by atoms with E-state index < -0.39 is 11.7 Å². The van der Waals surface area contributed by atoms with E-state index in [0.29, 0.717) is 24.1 Å². The maximum atomic E-state index is 12.5. The fourth-order valence-corrected chi connectivity index (χ4v) is 2.09. The minimum atomic E-state index is -4.31. The molecule has 1 aromatic carbocycles. The SMILES string of the molecule is CC(=O)CC1Cc2cc(C(F)(F)F)ccc2N1. The fourth-order valence-electron chi connectivity index (χ4n) is 2.09. The van der Waals surface area contributed by atoms with E-state index in [9.17, 15) is 18.0 Å². The molecule has 0 aliphatic carbocycles. The van der Waals surface area contributed by atoms with Gasteiger partial charge in [-0.3, -0.25) is 4.79 Å². The lowest BCUT2D eigenvalue weighted by molar-refractivity contribution is -0.137. The van der Waals surface area contributed by atoms with Crippen LogP contribution in [0.25, 0.3) is 0 Å². The highest BCUT2D eigenvalue weighted by atomic mass is 19.4. The summed E-state index contributed by atoms with van der Waals surface area (Å²) in [5.74, 6) is 0.0337. The second-order valence-electron chi connectivity index (χ2n) is 4.32. The molecule has 17 heavy (non-hydrogen) atoms. The van der Waals surface area contributed by atoms with Crippen molar-refractivity contribution in [2.75, 3.05) is 5.32 Å². The van der Waals surface area contributed by atoms with Crippen molar-refractivity contribution >= 4 is 11.5 Å². The normalized spacial score (nSPS) is 18.7. The summed E-state index contributed by atoms with van der Waals surface area (Å²) in [6.45, 7) is 1.48. The van der Waals surface area contributed by atoms with Crippen LogP contribution in [-0.2, 0) is 17.4 Å². The standard InChI is InChI=1S/C12H12F3NO/c1-7(17)4-10-6-8-5-9(12(13,14)15)2-3-11(8)16-10/h2-3,5,10,16H,4,6H2,1H3. The number of nitrogens with one attached hydrogen (secondary N) is 1. The molecule has 1 aliphatic heterocycles. The Morgan fingerprint density at radius 1 is 1.47 bits per heavy atom. The minimum absolute atomic E-state index is 0.0337. The first kappa shape index (κ1) is 12.0. The molecule has 0 aromatic heterocycles. The van der Waals surface area contributed by atoms with Gasteiger partial charge in [0.2, 0.25) is 0 Å². The van der Waals surface area contributed by atoms with Crippen LogP contribution in [0.3, 0.4) is 0 Å². The summed E-state index contributed by atoms with van der Waals surface area (Å²) in [7, 11) is 0. The van der Waals surface area contributed by atoms with Crippen molar-refractivity contribution < 1.29 is 18.0 Å². The Balaban J connectivity index is 2.19. The lowest BCUT2D eigenvalue weighted by atomic mass is 10.0. The molecule has 5 heteroatoms. The largest absolute Gasteiger partial charge is 0.416 e. The summed E-state index contributed by atoms with van der Waals surface area (Å²) in [4.78, 5) is 11.0. The van der Waals surface area contributed by atoms with Crippen LogP contribution in [-0.4, -0.2) is 11.8 Å². The number of hydrogen-bond acceptors (Lipinski definition) is 2. The van der Waals surface area contributed by atoms with Crippen LogP contribution in [0.15, 0.2) is 18.2 Å². The van der Waals surface area contributed by atoms with Crippen LogP contribution < -0.4 is 5.32 Å². The molecule has 92 valence electrons. The lowest BCUT2D eigenvalue weighted by Gasteiger charge is -2.08. The van der Waals surface area contributed by atoms with Gasteiger partial charge in [0.05, 0.1) is 5.56 Å². The molecule has 0 fully saturated rings. The predicted molar refractivity (Wildman–Crippen MR) is 57.9 cm³/mol. The zero-order valence-electron chi connectivity index (χ0n) is 9.27. The molecule has 2 rings (SSSR count). The van der Waals surface area contributed by atoms with Crippen molar-refractivity contribution in [3.8, 4) is 0 Å². The molecule has 1 heterocycles. The fraction of sp³-hybridized carbons (Fsp3) is 0.417. The molecule has 0 bridgehead atoms. The van der Waals surface area contributed by atoms with E-state index >= 15 is 0 Å². The van der Waals surface area contributed by atoms with Crippen LogP contribution in [0.1, 0.15) is 24.5 Å². The smallest absolute Gasteiger partial charge is 0.381 e. The van der Waals surface area contributed by atoms with Gasteiger partial charge in [-0.2, -0.15) is 13.2 Å². The Labute approximate surface area is 96.8 Å². The van der Waals surface area contributed by atoms with Crippen molar-refractivity contribution in [3.05, 3.63) is 29.3 Å². The Hall–Kier alpha value is -1.52. The molecule has 0 amide bonds. The first-order valence-electron chi connectivity index (χ1n) is 5.32. The maximum Gasteiger partial charge on any atom is 0.416 e. The number of carbonyl (C=O) groups is 1. The number of fused-ring (bicyclic) bond motifs is 1. The second kappa shape index (κ2) is 4.05. The van der Waals surface area contributed by atoms with Gasteiger partial charge >= 0.3 is 6.18 Å². The van der Waals surface area contributed by atoms with Crippen molar-refractivity contribution in [1.82, 2.24) is 0 Å². The van der Waals surface area contributed by atoms with Gasteiger partial charge in [0, 0.05) is 18.2 Å². The van der Waals surface area contributed by atoms with Crippen LogP contribution in [0, 0.1) is 0 Å². The van der Waals surface area contributed by atoms with Crippen LogP contribution >= 0.6 is 0 Å². The third-order valence-corrected chi connectivity index (χ3v) is 2.79. The van der Waals surface area contributed by atoms with Crippen LogP contribution in [0.2, 0.25) is 0 Å². The monoisotopic (exact) mass is 243 g/mol. The van der Waals surface area contributed by atoms with Gasteiger partial charge in [-0.15, -0.1) is 0 Å². The van der Waals surface area contributed by atoms with E-state index in [-0.39, 0.29) is 11.8 Å². The van der Waals surface area contributed by atoms with E-state index in [1.165, 1.54) is 13.0 Å². The first-order chi connectivity index (χ1) is 7.86. The number of rotatable bonds is 2. The third kappa shape index (κ3) is 2.60.